The van der Waals surface area contributed by atoms with E-state index in [0.29, 0.717) is 11.3 Å². The van der Waals surface area contributed by atoms with Crippen molar-refractivity contribution in [1.29, 1.82) is 0 Å². The maximum atomic E-state index is 10.7. The van der Waals surface area contributed by atoms with E-state index in [4.69, 9.17) is 46.9 Å². The Morgan fingerprint density at radius 3 is 1.51 bits per heavy atom. The zero-order chi connectivity index (χ0) is 27.9. The molecule has 0 aromatic heterocycles. The first-order chi connectivity index (χ1) is 16.0. The average molecular weight is 498 g/mol. The monoisotopic (exact) mass is 498 g/mol. The highest BCUT2D eigenvalue weighted by molar-refractivity contribution is 5.77. The summed E-state index contributed by atoms with van der Waals surface area (Å²) in [6.45, 7) is 4.19. The molecule has 192 valence electrons. The minimum absolute atomic E-state index is 0.0290. The van der Waals surface area contributed by atoms with Gasteiger partial charge in [-0.25, -0.2) is 0 Å². The fourth-order valence-corrected chi connectivity index (χ4v) is 2.06. The predicted octanol–water partition coefficient (Wildman–Crippen LogP) is 2.57. The second kappa shape index (κ2) is 15.8. The van der Waals surface area contributed by atoms with Gasteiger partial charge in [-0.15, -0.1) is 10.1 Å². The fourth-order valence-electron chi connectivity index (χ4n) is 2.06. The molecule has 2 aromatic carbocycles. The molecule has 2 unspecified atom stereocenters. The second-order valence-electron chi connectivity index (χ2n) is 6.62. The van der Waals surface area contributed by atoms with E-state index in [-0.39, 0.29) is 11.4 Å². The molecule has 15 nitrogen and oxygen atoms in total. The lowest BCUT2D eigenvalue weighted by molar-refractivity contribution is -0.742. The summed E-state index contributed by atoms with van der Waals surface area (Å²) in [4.78, 5) is 48.5. The van der Waals surface area contributed by atoms with Gasteiger partial charge in [0.25, 0.3) is 16.7 Å². The SMILES string of the molecule is CC(=O)O.CC(C(=O)O)c1ccc(N)c([N+](=O)[O-])c1.CC(C(=O)O)c1ccc(N)cc1.O=[N+]([O-])O. The van der Waals surface area contributed by atoms with Crippen LogP contribution in [-0.4, -0.2) is 48.4 Å². The summed E-state index contributed by atoms with van der Waals surface area (Å²) in [5.74, 6) is -3.94. The van der Waals surface area contributed by atoms with Crippen LogP contribution in [-0.2, 0) is 14.4 Å². The average Bonchev–Trinajstić information content (AvgIpc) is 2.73. The Morgan fingerprint density at radius 2 is 1.17 bits per heavy atom. The molecule has 2 atom stereocenters. The third kappa shape index (κ3) is 14.7. The van der Waals surface area contributed by atoms with Crippen LogP contribution in [0.25, 0.3) is 0 Å². The van der Waals surface area contributed by atoms with Gasteiger partial charge >= 0.3 is 11.9 Å². The molecule has 0 amide bonds. The largest absolute Gasteiger partial charge is 0.481 e. The van der Waals surface area contributed by atoms with E-state index in [1.165, 1.54) is 25.1 Å². The number of carbonyl (C=O) groups is 3. The first kappa shape index (κ1) is 32.2. The number of anilines is 2. The van der Waals surface area contributed by atoms with Crippen molar-refractivity contribution in [3.05, 3.63) is 73.8 Å². The van der Waals surface area contributed by atoms with Crippen LogP contribution >= 0.6 is 0 Å². The zero-order valence-electron chi connectivity index (χ0n) is 18.9. The van der Waals surface area contributed by atoms with Crippen LogP contribution in [0.4, 0.5) is 17.1 Å². The van der Waals surface area contributed by atoms with E-state index < -0.39 is 39.8 Å². The Kier molecular flexibility index (Phi) is 14.5. The number of nitrogen functional groups attached to an aromatic ring is 2. The molecule has 8 N–H and O–H groups in total. The molecule has 0 radical (unpaired) electrons. The van der Waals surface area contributed by atoms with Crippen molar-refractivity contribution in [1.82, 2.24) is 0 Å². The zero-order valence-corrected chi connectivity index (χ0v) is 18.9. The molecule has 0 spiro atoms. The summed E-state index contributed by atoms with van der Waals surface area (Å²) in [6, 6.07) is 10.9. The van der Waals surface area contributed by atoms with E-state index >= 15 is 0 Å². The van der Waals surface area contributed by atoms with Crippen LogP contribution in [0, 0.1) is 20.2 Å². The molecule has 0 saturated carbocycles. The van der Waals surface area contributed by atoms with Crippen molar-refractivity contribution < 1.29 is 44.9 Å². The topological polar surface area (TPSA) is 270 Å². The smallest absolute Gasteiger partial charge is 0.310 e. The van der Waals surface area contributed by atoms with Crippen LogP contribution in [0.15, 0.2) is 42.5 Å². The van der Waals surface area contributed by atoms with Crippen LogP contribution in [0.5, 0.6) is 0 Å². The van der Waals surface area contributed by atoms with Gasteiger partial charge in [0.2, 0.25) is 0 Å². The summed E-state index contributed by atoms with van der Waals surface area (Å²) in [5, 5.41) is 49.0. The number of carboxylic acid groups (broad SMARTS) is 3. The highest BCUT2D eigenvalue weighted by atomic mass is 16.9. The minimum atomic E-state index is -1.50. The van der Waals surface area contributed by atoms with Gasteiger partial charge in [0.1, 0.15) is 5.69 Å². The molecule has 0 fully saturated rings. The lowest BCUT2D eigenvalue weighted by Gasteiger charge is -2.06. The Bertz CT molecular complexity index is 1010. The van der Waals surface area contributed by atoms with Gasteiger partial charge in [-0.3, -0.25) is 24.5 Å². The fraction of sp³-hybridized carbons (Fsp3) is 0.250. The molecular formula is C20H26N4O11. The second-order valence-corrected chi connectivity index (χ2v) is 6.62. The van der Waals surface area contributed by atoms with Crippen molar-refractivity contribution in [3.63, 3.8) is 0 Å². The minimum Gasteiger partial charge on any atom is -0.481 e. The van der Waals surface area contributed by atoms with E-state index in [1.807, 2.05) is 0 Å². The van der Waals surface area contributed by atoms with Crippen LogP contribution in [0.1, 0.15) is 43.7 Å². The predicted molar refractivity (Wildman–Crippen MR) is 123 cm³/mol. The van der Waals surface area contributed by atoms with E-state index in [0.717, 1.165) is 12.5 Å². The lowest BCUT2D eigenvalue weighted by Crippen LogP contribution is -2.08. The van der Waals surface area contributed by atoms with Gasteiger partial charge in [0.15, 0.2) is 0 Å². The number of nitrogens with two attached hydrogens (primary N) is 2. The third-order valence-electron chi connectivity index (χ3n) is 3.93. The van der Waals surface area contributed by atoms with Crippen LogP contribution in [0.3, 0.4) is 0 Å². The number of aliphatic carboxylic acids is 3. The van der Waals surface area contributed by atoms with Gasteiger partial charge in [0, 0.05) is 18.7 Å². The lowest BCUT2D eigenvalue weighted by atomic mass is 10.0. The van der Waals surface area contributed by atoms with Crippen LogP contribution < -0.4 is 11.5 Å². The quantitative estimate of drug-likeness (QED) is 0.197. The molecule has 35 heavy (non-hydrogen) atoms. The summed E-state index contributed by atoms with van der Waals surface area (Å²) in [5.41, 5.74) is 12.4. The molecule has 0 heterocycles. The Labute approximate surface area is 198 Å². The summed E-state index contributed by atoms with van der Waals surface area (Å²) >= 11 is 0. The van der Waals surface area contributed by atoms with E-state index in [1.54, 1.807) is 31.2 Å². The number of nitro benzene ring substituents is 1. The van der Waals surface area contributed by atoms with E-state index in [2.05, 4.69) is 0 Å². The summed E-state index contributed by atoms with van der Waals surface area (Å²) in [7, 11) is 0. The molecule has 0 aliphatic rings. The van der Waals surface area contributed by atoms with E-state index in [9.17, 15) is 19.7 Å². The number of nitrogens with zero attached hydrogens (tertiary/aromatic N) is 2. The van der Waals surface area contributed by atoms with Crippen molar-refractivity contribution in [2.45, 2.75) is 32.6 Å². The first-order valence-electron chi connectivity index (χ1n) is 9.38. The highest BCUT2D eigenvalue weighted by Gasteiger charge is 2.18. The van der Waals surface area contributed by atoms with Crippen LogP contribution in [0.2, 0.25) is 0 Å². The molecule has 0 aliphatic heterocycles. The molecule has 2 aromatic rings. The third-order valence-corrected chi connectivity index (χ3v) is 3.93. The molecular weight excluding hydrogens is 472 g/mol. The number of benzene rings is 2. The maximum Gasteiger partial charge on any atom is 0.310 e. The van der Waals surface area contributed by atoms with Gasteiger partial charge in [-0.05, 0) is 43.2 Å². The Morgan fingerprint density at radius 1 is 0.829 bits per heavy atom. The normalized spacial score (nSPS) is 10.8. The Hall–Kier alpha value is -4.95. The number of carboxylic acids is 3. The number of nitro groups is 1. The number of hydrogen-bond acceptors (Lipinski definition) is 9. The maximum absolute atomic E-state index is 10.7. The van der Waals surface area contributed by atoms with Crippen molar-refractivity contribution >= 4 is 35.0 Å². The highest BCUT2D eigenvalue weighted by Crippen LogP contribution is 2.26. The summed E-state index contributed by atoms with van der Waals surface area (Å²) < 4.78 is 0. The van der Waals surface area contributed by atoms with Gasteiger partial charge in [-0.2, -0.15) is 0 Å². The molecule has 15 heteroatoms. The number of hydrogen-bond donors (Lipinski definition) is 6. The van der Waals surface area contributed by atoms with Gasteiger partial charge in [0.05, 0.1) is 16.8 Å². The number of rotatable bonds is 5. The first-order valence-corrected chi connectivity index (χ1v) is 9.38. The molecule has 0 bridgehead atoms. The van der Waals surface area contributed by atoms with Crippen molar-refractivity contribution in [2.75, 3.05) is 11.5 Å². The van der Waals surface area contributed by atoms with Gasteiger partial charge in [-0.1, -0.05) is 18.2 Å². The van der Waals surface area contributed by atoms with Gasteiger partial charge < -0.3 is 32.0 Å². The molecule has 0 saturated heterocycles. The Balaban J connectivity index is 0. The molecule has 0 aliphatic carbocycles. The summed E-state index contributed by atoms with van der Waals surface area (Å²) in [6.07, 6.45) is 0. The standard InChI is InChI=1S/C9H10N2O4.C9H11NO2.C2H4O2.HNO3/c1-5(9(12)13)6-2-3-7(10)8(4-6)11(14)15;1-6(9(11)12)7-2-4-8(10)5-3-7;1-2(3)4;2-1(3)4/h2-5H,10H2,1H3,(H,12,13);2-6H,10H2,1H3,(H,11,12);1H3,(H,3,4);(H,2,3,4). The van der Waals surface area contributed by atoms with Crippen molar-refractivity contribution in [3.8, 4) is 0 Å². The molecule has 2 rings (SSSR count). The van der Waals surface area contributed by atoms with Crippen molar-refractivity contribution in [2.24, 2.45) is 0 Å².